The normalized spacial score (nSPS) is 22.4. The zero-order chi connectivity index (χ0) is 14.0. The Bertz CT molecular complexity index is 461. The SMILES string of the molecule is O=C(NCC(O)C1CC1)C1(c2ccccc2)CCCC1. The second kappa shape index (κ2) is 5.57. The minimum atomic E-state index is -0.371. The fourth-order valence-corrected chi connectivity index (χ4v) is 3.40. The lowest BCUT2D eigenvalue weighted by Crippen LogP contribution is -2.45. The molecule has 1 aromatic carbocycles. The summed E-state index contributed by atoms with van der Waals surface area (Å²) in [6, 6.07) is 10.1. The Balaban J connectivity index is 1.71. The van der Waals surface area contributed by atoms with Crippen LogP contribution < -0.4 is 5.32 Å². The highest BCUT2D eigenvalue weighted by Gasteiger charge is 2.42. The van der Waals surface area contributed by atoms with E-state index in [-0.39, 0.29) is 17.4 Å². The molecule has 0 aromatic heterocycles. The molecule has 3 heteroatoms. The number of carbonyl (C=O) groups excluding carboxylic acids is 1. The van der Waals surface area contributed by atoms with Crippen molar-refractivity contribution in [2.45, 2.75) is 50.0 Å². The van der Waals surface area contributed by atoms with Gasteiger partial charge in [0.25, 0.3) is 0 Å². The van der Waals surface area contributed by atoms with Crippen molar-refractivity contribution in [3.63, 3.8) is 0 Å². The van der Waals surface area contributed by atoms with Gasteiger partial charge in [0.1, 0.15) is 0 Å². The lowest BCUT2D eigenvalue weighted by molar-refractivity contribution is -0.127. The largest absolute Gasteiger partial charge is 0.391 e. The summed E-state index contributed by atoms with van der Waals surface area (Å²) in [5.74, 6) is 0.507. The van der Waals surface area contributed by atoms with Gasteiger partial charge in [-0.2, -0.15) is 0 Å². The van der Waals surface area contributed by atoms with Gasteiger partial charge in [-0.25, -0.2) is 0 Å². The van der Waals surface area contributed by atoms with Gasteiger partial charge in [0.15, 0.2) is 0 Å². The van der Waals surface area contributed by atoms with Gasteiger partial charge in [0, 0.05) is 6.54 Å². The number of amides is 1. The van der Waals surface area contributed by atoms with Gasteiger partial charge in [-0.3, -0.25) is 4.79 Å². The summed E-state index contributed by atoms with van der Waals surface area (Å²) in [4.78, 5) is 12.7. The van der Waals surface area contributed by atoms with E-state index < -0.39 is 0 Å². The molecule has 3 rings (SSSR count). The molecular formula is C17H23NO2. The molecule has 0 aliphatic heterocycles. The predicted molar refractivity (Wildman–Crippen MR) is 78.3 cm³/mol. The summed E-state index contributed by atoms with van der Waals surface area (Å²) in [6.07, 6.45) is 5.88. The fraction of sp³-hybridized carbons (Fsp3) is 0.588. The average Bonchev–Trinajstić information content (AvgIpc) is 3.22. The minimum Gasteiger partial charge on any atom is -0.391 e. The van der Waals surface area contributed by atoms with E-state index >= 15 is 0 Å². The zero-order valence-corrected chi connectivity index (χ0v) is 11.8. The van der Waals surface area contributed by atoms with Crippen molar-refractivity contribution >= 4 is 5.91 Å². The van der Waals surface area contributed by atoms with Crippen LogP contribution >= 0.6 is 0 Å². The number of benzene rings is 1. The van der Waals surface area contributed by atoms with Crippen molar-refractivity contribution in [2.75, 3.05) is 6.54 Å². The molecule has 0 bridgehead atoms. The molecule has 2 fully saturated rings. The van der Waals surface area contributed by atoms with Gasteiger partial charge in [-0.05, 0) is 37.2 Å². The smallest absolute Gasteiger partial charge is 0.230 e. The van der Waals surface area contributed by atoms with Crippen molar-refractivity contribution in [3.8, 4) is 0 Å². The Labute approximate surface area is 120 Å². The molecule has 2 aliphatic carbocycles. The van der Waals surface area contributed by atoms with Crippen LogP contribution in [0.1, 0.15) is 44.1 Å². The Morgan fingerprint density at radius 2 is 1.90 bits per heavy atom. The number of carbonyl (C=O) groups is 1. The molecule has 20 heavy (non-hydrogen) atoms. The number of rotatable bonds is 5. The third-order valence-corrected chi connectivity index (χ3v) is 4.86. The van der Waals surface area contributed by atoms with Crippen LogP contribution in [0.3, 0.4) is 0 Å². The number of aliphatic hydroxyl groups excluding tert-OH is 1. The first-order chi connectivity index (χ1) is 9.72. The molecule has 0 spiro atoms. The molecule has 2 aliphatic rings. The first kappa shape index (κ1) is 13.6. The highest BCUT2D eigenvalue weighted by atomic mass is 16.3. The van der Waals surface area contributed by atoms with Gasteiger partial charge in [0.2, 0.25) is 5.91 Å². The van der Waals surface area contributed by atoms with E-state index in [2.05, 4.69) is 17.4 Å². The summed E-state index contributed by atoms with van der Waals surface area (Å²) < 4.78 is 0. The summed E-state index contributed by atoms with van der Waals surface area (Å²) in [7, 11) is 0. The number of hydrogen-bond donors (Lipinski definition) is 2. The Kier molecular flexibility index (Phi) is 3.79. The molecule has 3 nitrogen and oxygen atoms in total. The van der Waals surface area contributed by atoms with Crippen LogP contribution in [0.15, 0.2) is 30.3 Å². The number of aliphatic hydroxyl groups is 1. The van der Waals surface area contributed by atoms with Crippen LogP contribution in [0.4, 0.5) is 0 Å². The van der Waals surface area contributed by atoms with Crippen molar-refractivity contribution in [1.29, 1.82) is 0 Å². The van der Waals surface area contributed by atoms with Gasteiger partial charge in [-0.15, -0.1) is 0 Å². The predicted octanol–water partition coefficient (Wildman–Crippen LogP) is 2.39. The third kappa shape index (κ3) is 2.59. The summed E-state index contributed by atoms with van der Waals surface area (Å²) in [5.41, 5.74) is 0.751. The minimum absolute atomic E-state index is 0.0981. The summed E-state index contributed by atoms with van der Waals surface area (Å²) in [6.45, 7) is 0.401. The van der Waals surface area contributed by atoms with E-state index in [0.717, 1.165) is 44.1 Å². The quantitative estimate of drug-likeness (QED) is 0.865. The lowest BCUT2D eigenvalue weighted by atomic mass is 9.78. The maximum atomic E-state index is 12.7. The van der Waals surface area contributed by atoms with Crippen LogP contribution in [0, 0.1) is 5.92 Å². The Morgan fingerprint density at radius 1 is 1.25 bits per heavy atom. The molecule has 1 amide bonds. The van der Waals surface area contributed by atoms with Crippen molar-refractivity contribution in [3.05, 3.63) is 35.9 Å². The summed E-state index contributed by atoms with van der Waals surface area (Å²) >= 11 is 0. The van der Waals surface area contributed by atoms with E-state index in [9.17, 15) is 9.90 Å². The summed E-state index contributed by atoms with van der Waals surface area (Å²) in [5, 5.41) is 12.9. The van der Waals surface area contributed by atoms with E-state index in [0.29, 0.717) is 12.5 Å². The zero-order valence-electron chi connectivity index (χ0n) is 11.8. The number of hydrogen-bond acceptors (Lipinski definition) is 2. The van der Waals surface area contributed by atoms with Gasteiger partial charge >= 0.3 is 0 Å². The van der Waals surface area contributed by atoms with Crippen LogP contribution in [-0.4, -0.2) is 23.7 Å². The van der Waals surface area contributed by atoms with Crippen molar-refractivity contribution in [1.82, 2.24) is 5.32 Å². The molecule has 2 saturated carbocycles. The highest BCUT2D eigenvalue weighted by molar-refractivity contribution is 5.88. The van der Waals surface area contributed by atoms with Gasteiger partial charge in [-0.1, -0.05) is 43.2 Å². The van der Waals surface area contributed by atoms with Crippen LogP contribution in [-0.2, 0) is 10.2 Å². The molecule has 108 valence electrons. The van der Waals surface area contributed by atoms with E-state index in [1.165, 1.54) is 0 Å². The lowest BCUT2D eigenvalue weighted by Gasteiger charge is -2.29. The maximum absolute atomic E-state index is 12.7. The number of nitrogens with one attached hydrogen (secondary N) is 1. The molecular weight excluding hydrogens is 250 g/mol. The van der Waals surface area contributed by atoms with E-state index in [4.69, 9.17) is 0 Å². The molecule has 1 aromatic rings. The van der Waals surface area contributed by atoms with Crippen LogP contribution in [0.2, 0.25) is 0 Å². The van der Waals surface area contributed by atoms with Crippen LogP contribution in [0.5, 0.6) is 0 Å². The Hall–Kier alpha value is -1.35. The molecule has 1 atom stereocenters. The first-order valence-electron chi connectivity index (χ1n) is 7.74. The van der Waals surface area contributed by atoms with Crippen molar-refractivity contribution < 1.29 is 9.90 Å². The molecule has 0 heterocycles. The maximum Gasteiger partial charge on any atom is 0.230 e. The van der Waals surface area contributed by atoms with Crippen molar-refractivity contribution in [2.24, 2.45) is 5.92 Å². The van der Waals surface area contributed by atoms with Crippen LogP contribution in [0.25, 0.3) is 0 Å². The topological polar surface area (TPSA) is 49.3 Å². The molecule has 0 saturated heterocycles. The Morgan fingerprint density at radius 3 is 2.50 bits per heavy atom. The molecule has 0 radical (unpaired) electrons. The average molecular weight is 273 g/mol. The second-order valence-corrected chi connectivity index (χ2v) is 6.27. The van der Waals surface area contributed by atoms with E-state index in [1.54, 1.807) is 0 Å². The monoisotopic (exact) mass is 273 g/mol. The third-order valence-electron chi connectivity index (χ3n) is 4.86. The van der Waals surface area contributed by atoms with Gasteiger partial charge in [0.05, 0.1) is 11.5 Å². The fourth-order valence-electron chi connectivity index (χ4n) is 3.40. The highest BCUT2D eigenvalue weighted by Crippen LogP contribution is 2.41. The first-order valence-corrected chi connectivity index (χ1v) is 7.74. The second-order valence-electron chi connectivity index (χ2n) is 6.27. The molecule has 2 N–H and O–H groups in total. The standard InChI is InChI=1S/C17H23NO2/c19-15(13-8-9-13)12-18-16(20)17(10-4-5-11-17)14-6-2-1-3-7-14/h1-3,6-7,13,15,19H,4-5,8-12H2,(H,18,20). The van der Waals surface area contributed by atoms with E-state index in [1.807, 2.05) is 18.2 Å². The van der Waals surface area contributed by atoms with Gasteiger partial charge < -0.3 is 10.4 Å². The molecule has 1 unspecified atom stereocenters.